The third kappa shape index (κ3) is 8.09. The van der Waals surface area contributed by atoms with Crippen molar-refractivity contribution in [2.75, 3.05) is 13.7 Å². The lowest BCUT2D eigenvalue weighted by Crippen LogP contribution is -2.37. The minimum atomic E-state index is -0.607. The van der Waals surface area contributed by atoms with Crippen LogP contribution in [0.25, 0.3) is 0 Å². The lowest BCUT2D eigenvalue weighted by molar-refractivity contribution is -0.161. The molecule has 2 unspecified atom stereocenters. The summed E-state index contributed by atoms with van der Waals surface area (Å²) in [6, 6.07) is 10.1. The summed E-state index contributed by atoms with van der Waals surface area (Å²) in [5.41, 5.74) is 3.76. The molecule has 0 aromatic heterocycles. The second-order valence-electron chi connectivity index (χ2n) is 8.61. The second kappa shape index (κ2) is 11.4. The fourth-order valence-electron chi connectivity index (χ4n) is 3.76. The largest absolute Gasteiger partial charge is 0.466 e. The number of hydrogen-bond acceptors (Lipinski definition) is 5. The molecular weight excluding hydrogens is 392 g/mol. The third-order valence-corrected chi connectivity index (χ3v) is 5.13. The zero-order valence-corrected chi connectivity index (χ0v) is 19.8. The van der Waals surface area contributed by atoms with E-state index in [1.54, 1.807) is 6.92 Å². The van der Waals surface area contributed by atoms with E-state index >= 15 is 0 Å². The molecule has 3 atom stereocenters. The molecule has 0 N–H and O–H groups in total. The lowest BCUT2D eigenvalue weighted by atomic mass is 9.96. The Balaban J connectivity index is 2.15. The average molecular weight is 429 g/mol. The first-order valence-electron chi connectivity index (χ1n) is 10.7. The van der Waals surface area contributed by atoms with E-state index in [0.717, 1.165) is 16.7 Å². The molecule has 1 fully saturated rings. The summed E-state index contributed by atoms with van der Waals surface area (Å²) in [4.78, 5) is 11.6. The number of hydrogen-bond donors (Lipinski definition) is 0. The molecule has 0 aliphatic carbocycles. The van der Waals surface area contributed by atoms with Crippen molar-refractivity contribution in [2.24, 2.45) is 5.92 Å². The molecule has 5 nitrogen and oxygen atoms in total. The summed E-state index contributed by atoms with van der Waals surface area (Å²) in [6.07, 6.45) is 5.75. The Morgan fingerprint density at radius 3 is 2.42 bits per heavy atom. The smallest absolute Gasteiger partial charge is 0.333 e. The van der Waals surface area contributed by atoms with Crippen molar-refractivity contribution >= 4 is 5.97 Å². The SMILES string of the molecule is COC(=O)/C(C)=C/C(C)=C/C(C)=C/[C@@H](C)C(OCc1ccccc1)C1COC(C)(C)O1. The van der Waals surface area contributed by atoms with Crippen LogP contribution < -0.4 is 0 Å². The molecule has 1 aromatic carbocycles. The monoisotopic (exact) mass is 428 g/mol. The van der Waals surface area contributed by atoms with Crippen LogP contribution >= 0.6 is 0 Å². The van der Waals surface area contributed by atoms with E-state index in [2.05, 4.69) is 25.1 Å². The molecular formula is C26H36O5. The van der Waals surface area contributed by atoms with Crippen LogP contribution in [0.2, 0.25) is 0 Å². The summed E-state index contributed by atoms with van der Waals surface area (Å²) in [7, 11) is 1.39. The molecule has 31 heavy (non-hydrogen) atoms. The molecule has 0 bridgehead atoms. The Morgan fingerprint density at radius 2 is 1.84 bits per heavy atom. The number of carbonyl (C=O) groups is 1. The van der Waals surface area contributed by atoms with Crippen LogP contribution in [-0.2, 0) is 30.3 Å². The predicted molar refractivity (Wildman–Crippen MR) is 122 cm³/mol. The second-order valence-corrected chi connectivity index (χ2v) is 8.61. The minimum absolute atomic E-state index is 0.0981. The first-order chi connectivity index (χ1) is 14.6. The molecule has 1 heterocycles. The summed E-state index contributed by atoms with van der Waals surface area (Å²) in [5, 5.41) is 0. The maximum atomic E-state index is 11.6. The van der Waals surface area contributed by atoms with Gasteiger partial charge in [-0.1, -0.05) is 60.6 Å². The van der Waals surface area contributed by atoms with E-state index in [1.165, 1.54) is 7.11 Å². The van der Waals surface area contributed by atoms with Crippen LogP contribution in [0.5, 0.6) is 0 Å². The Labute approximate surface area is 186 Å². The first-order valence-corrected chi connectivity index (χ1v) is 10.7. The van der Waals surface area contributed by atoms with Gasteiger partial charge < -0.3 is 18.9 Å². The van der Waals surface area contributed by atoms with Crippen molar-refractivity contribution in [2.45, 2.75) is 66.1 Å². The fraction of sp³-hybridized carbons (Fsp3) is 0.500. The van der Waals surface area contributed by atoms with Crippen LogP contribution in [0.3, 0.4) is 0 Å². The molecule has 2 rings (SSSR count). The fourth-order valence-corrected chi connectivity index (χ4v) is 3.76. The van der Waals surface area contributed by atoms with E-state index in [1.807, 2.05) is 58.0 Å². The number of ether oxygens (including phenoxy) is 4. The van der Waals surface area contributed by atoms with Crippen LogP contribution in [0.1, 0.15) is 47.1 Å². The summed E-state index contributed by atoms with van der Waals surface area (Å²) >= 11 is 0. The van der Waals surface area contributed by atoms with Crippen molar-refractivity contribution in [3.63, 3.8) is 0 Å². The quantitative estimate of drug-likeness (QED) is 0.301. The average Bonchev–Trinajstić information content (AvgIpc) is 3.07. The highest BCUT2D eigenvalue weighted by Gasteiger charge is 2.39. The van der Waals surface area contributed by atoms with Crippen LogP contribution in [0.15, 0.2) is 65.3 Å². The van der Waals surface area contributed by atoms with Crippen molar-refractivity contribution in [1.29, 1.82) is 0 Å². The first kappa shape index (κ1) is 25.1. The summed E-state index contributed by atoms with van der Waals surface area (Å²) in [5.74, 6) is -0.830. The molecule has 5 heteroatoms. The number of benzene rings is 1. The zero-order chi connectivity index (χ0) is 23.0. The molecule has 0 spiro atoms. The van der Waals surface area contributed by atoms with Gasteiger partial charge in [0.15, 0.2) is 5.79 Å². The minimum Gasteiger partial charge on any atom is -0.466 e. The van der Waals surface area contributed by atoms with Gasteiger partial charge >= 0.3 is 5.97 Å². The molecule has 1 saturated heterocycles. The molecule has 170 valence electrons. The van der Waals surface area contributed by atoms with Crippen molar-refractivity contribution in [3.8, 4) is 0 Å². The van der Waals surface area contributed by atoms with Gasteiger partial charge in [-0.25, -0.2) is 4.79 Å². The molecule has 1 aliphatic rings. The maximum absolute atomic E-state index is 11.6. The van der Waals surface area contributed by atoms with Gasteiger partial charge in [-0.2, -0.15) is 0 Å². The Morgan fingerprint density at radius 1 is 1.16 bits per heavy atom. The predicted octanol–water partition coefficient (Wildman–Crippen LogP) is 5.37. The van der Waals surface area contributed by atoms with Gasteiger partial charge in [0.05, 0.1) is 26.4 Å². The highest BCUT2D eigenvalue weighted by atomic mass is 16.7. The number of carbonyl (C=O) groups excluding carboxylic acids is 1. The molecule has 1 aromatic rings. The summed E-state index contributed by atoms with van der Waals surface area (Å²) < 4.78 is 23.0. The van der Waals surface area contributed by atoms with E-state index in [4.69, 9.17) is 18.9 Å². The van der Waals surface area contributed by atoms with Crippen molar-refractivity contribution in [1.82, 2.24) is 0 Å². The standard InChI is InChI=1S/C26H36O5/c1-18(13-19(2)15-21(4)25(27)28-7)14-20(3)24(23-17-30-26(5,6)31-23)29-16-22-11-9-8-10-12-22/h8-15,20,23-24H,16-17H2,1-7H3/b18-14+,19-13+,21-15+/t20-,23?,24?/m1/s1. The number of methoxy groups -OCH3 is 1. The molecule has 0 saturated carbocycles. The molecule has 0 radical (unpaired) electrons. The van der Waals surface area contributed by atoms with Gasteiger partial charge in [0.2, 0.25) is 0 Å². The van der Waals surface area contributed by atoms with Crippen molar-refractivity contribution in [3.05, 3.63) is 70.8 Å². The van der Waals surface area contributed by atoms with Gasteiger partial charge in [-0.15, -0.1) is 0 Å². The van der Waals surface area contributed by atoms with Gasteiger partial charge in [-0.05, 0) is 46.3 Å². The third-order valence-electron chi connectivity index (χ3n) is 5.13. The van der Waals surface area contributed by atoms with Crippen LogP contribution in [-0.4, -0.2) is 37.7 Å². The lowest BCUT2D eigenvalue weighted by Gasteiger charge is -2.28. The number of rotatable bonds is 9. The Kier molecular flexibility index (Phi) is 9.23. The van der Waals surface area contributed by atoms with E-state index in [0.29, 0.717) is 18.8 Å². The highest BCUT2D eigenvalue weighted by Crippen LogP contribution is 2.30. The summed E-state index contributed by atoms with van der Waals surface area (Å²) in [6.45, 7) is 12.8. The van der Waals surface area contributed by atoms with Crippen LogP contribution in [0, 0.1) is 5.92 Å². The van der Waals surface area contributed by atoms with Gasteiger partial charge in [0.25, 0.3) is 0 Å². The highest BCUT2D eigenvalue weighted by molar-refractivity contribution is 5.88. The van der Waals surface area contributed by atoms with Crippen molar-refractivity contribution < 1.29 is 23.7 Å². The van der Waals surface area contributed by atoms with Gasteiger partial charge in [-0.3, -0.25) is 0 Å². The zero-order valence-electron chi connectivity index (χ0n) is 19.8. The topological polar surface area (TPSA) is 54.0 Å². The van der Waals surface area contributed by atoms with E-state index < -0.39 is 5.79 Å². The van der Waals surface area contributed by atoms with Crippen LogP contribution in [0.4, 0.5) is 0 Å². The number of allylic oxidation sites excluding steroid dienone is 4. The molecule has 0 amide bonds. The number of esters is 1. The normalized spacial score (nSPS) is 21.6. The molecule has 1 aliphatic heterocycles. The van der Waals surface area contributed by atoms with Gasteiger partial charge in [0, 0.05) is 11.5 Å². The maximum Gasteiger partial charge on any atom is 0.333 e. The van der Waals surface area contributed by atoms with E-state index in [-0.39, 0.29) is 24.1 Å². The Hall–Kier alpha value is -2.21. The van der Waals surface area contributed by atoms with Gasteiger partial charge in [0.1, 0.15) is 6.10 Å². The van der Waals surface area contributed by atoms with E-state index in [9.17, 15) is 4.79 Å². The Bertz CT molecular complexity index is 819.